The molecule has 2 atom stereocenters. The molecule has 4 heteroatoms. The van der Waals surface area contributed by atoms with Gasteiger partial charge in [-0.1, -0.05) is 154 Å². The predicted octanol–water partition coefficient (Wildman–Crippen LogP) is 14.6. The second-order valence-corrected chi connectivity index (χ2v) is 23.2. The van der Waals surface area contributed by atoms with Gasteiger partial charge in [-0.25, -0.2) is 0 Å². The van der Waals surface area contributed by atoms with Crippen LogP contribution in [0.5, 0.6) is 0 Å². The molecule has 1 saturated carbocycles. The predicted molar refractivity (Wildman–Crippen MR) is 280 cm³/mol. The van der Waals surface area contributed by atoms with Crippen LogP contribution in [0.2, 0.25) is 0 Å². The minimum atomic E-state index is -0.0317. The minimum Gasteiger partial charge on any atom is -0.334 e. The third-order valence-corrected chi connectivity index (χ3v) is 16.0. The van der Waals surface area contributed by atoms with Gasteiger partial charge in [0.25, 0.3) is 6.71 Å². The summed E-state index contributed by atoms with van der Waals surface area (Å²) in [6.07, 6.45) is 2.38. The smallest absolute Gasteiger partial charge is 0.252 e. The van der Waals surface area contributed by atoms with Gasteiger partial charge in [-0.2, -0.15) is 0 Å². The Morgan fingerprint density at radius 2 is 1.05 bits per heavy atom. The number of benzene rings is 7. The van der Waals surface area contributed by atoms with Crippen molar-refractivity contribution in [1.29, 1.82) is 0 Å². The van der Waals surface area contributed by atoms with E-state index in [9.17, 15) is 0 Å². The fraction of sp³-hybridized carbons (Fsp3) is 0.311. The SMILES string of the molecule is Cc1cc2c3c(c1)N(c1ccc(C(C)(C)C)cc1-c1ccccc1)c1ccc(C(C)(C)C)cc1B3c1ccc(N3c4ccccc4C4(C)CCC34C)cc1N2c1ccc(C(C)(C)C)cc1. The highest BCUT2D eigenvalue weighted by atomic mass is 15.3. The van der Waals surface area contributed by atoms with Crippen LogP contribution in [0.1, 0.15) is 117 Å². The largest absolute Gasteiger partial charge is 0.334 e. The molecule has 0 N–H and O–H groups in total. The van der Waals surface area contributed by atoms with Crippen molar-refractivity contribution in [3.63, 3.8) is 0 Å². The quantitative estimate of drug-likeness (QED) is 0.163. The Balaban J connectivity index is 1.21. The molecule has 4 aliphatic rings. The Kier molecular flexibility index (Phi) is 8.98. The molecular formula is C61H64BN3. The summed E-state index contributed by atoms with van der Waals surface area (Å²) in [6.45, 7) is 28.2. The molecule has 0 saturated heterocycles. The summed E-state index contributed by atoms with van der Waals surface area (Å²) in [5, 5.41) is 0. The molecule has 1 aliphatic carbocycles. The number of hydrogen-bond acceptors (Lipinski definition) is 3. The van der Waals surface area contributed by atoms with Gasteiger partial charge >= 0.3 is 0 Å². The van der Waals surface area contributed by atoms with E-state index in [1.165, 1.54) is 114 Å². The number of hydrogen-bond donors (Lipinski definition) is 0. The lowest BCUT2D eigenvalue weighted by atomic mass is 9.33. The molecule has 3 nitrogen and oxygen atoms in total. The summed E-state index contributed by atoms with van der Waals surface area (Å²) in [4.78, 5) is 7.92. The molecule has 0 aromatic heterocycles. The van der Waals surface area contributed by atoms with Gasteiger partial charge in [0.05, 0.1) is 11.2 Å². The lowest BCUT2D eigenvalue weighted by Crippen LogP contribution is -2.62. The van der Waals surface area contributed by atoms with Gasteiger partial charge in [0.1, 0.15) is 0 Å². The minimum absolute atomic E-state index is 0.00100. The van der Waals surface area contributed by atoms with Gasteiger partial charge in [0.2, 0.25) is 0 Å². The fourth-order valence-electron chi connectivity index (χ4n) is 11.9. The average Bonchev–Trinajstić information content (AvgIpc) is 3.40. The third kappa shape index (κ3) is 6.15. The maximum absolute atomic E-state index is 2.70. The lowest BCUT2D eigenvalue weighted by Gasteiger charge is -2.56. The third-order valence-electron chi connectivity index (χ3n) is 16.0. The van der Waals surface area contributed by atoms with Crippen LogP contribution in [-0.2, 0) is 21.7 Å². The zero-order valence-electron chi connectivity index (χ0n) is 40.7. The molecule has 1 fully saturated rings. The van der Waals surface area contributed by atoms with E-state index in [2.05, 4.69) is 243 Å². The van der Waals surface area contributed by atoms with Crippen LogP contribution in [-0.4, -0.2) is 12.3 Å². The summed E-state index contributed by atoms with van der Waals surface area (Å²) < 4.78 is 0. The normalized spacial score (nSPS) is 19.6. The maximum Gasteiger partial charge on any atom is 0.252 e. The van der Waals surface area contributed by atoms with Crippen LogP contribution in [0.15, 0.2) is 146 Å². The van der Waals surface area contributed by atoms with Gasteiger partial charge in [0.15, 0.2) is 0 Å². The first-order valence-corrected chi connectivity index (χ1v) is 24.0. The molecule has 7 aromatic rings. The van der Waals surface area contributed by atoms with Crippen molar-refractivity contribution < 1.29 is 0 Å². The molecule has 0 spiro atoms. The van der Waals surface area contributed by atoms with Gasteiger partial charge < -0.3 is 14.7 Å². The van der Waals surface area contributed by atoms with E-state index in [4.69, 9.17) is 0 Å². The van der Waals surface area contributed by atoms with E-state index in [-0.39, 0.29) is 33.9 Å². The molecule has 7 aromatic carbocycles. The molecule has 3 aliphatic heterocycles. The van der Waals surface area contributed by atoms with E-state index < -0.39 is 0 Å². The average molecular weight is 850 g/mol. The number of para-hydroxylation sites is 1. The zero-order valence-corrected chi connectivity index (χ0v) is 40.7. The Bertz CT molecular complexity index is 3050. The van der Waals surface area contributed by atoms with Crippen molar-refractivity contribution in [3.8, 4) is 11.1 Å². The zero-order chi connectivity index (χ0) is 45.6. The molecule has 2 unspecified atom stereocenters. The van der Waals surface area contributed by atoms with E-state index >= 15 is 0 Å². The molecule has 0 amide bonds. The summed E-state index contributed by atoms with van der Waals surface area (Å²) in [5.74, 6) is 0. The first-order chi connectivity index (χ1) is 30.8. The van der Waals surface area contributed by atoms with E-state index in [0.29, 0.717) is 0 Å². The van der Waals surface area contributed by atoms with Crippen LogP contribution in [0.3, 0.4) is 0 Å². The number of anilines is 8. The summed E-state index contributed by atoms with van der Waals surface area (Å²) in [5.41, 5.74) is 23.4. The number of rotatable bonds is 4. The van der Waals surface area contributed by atoms with Crippen molar-refractivity contribution >= 4 is 68.6 Å². The highest BCUT2D eigenvalue weighted by Gasteiger charge is 2.63. The lowest BCUT2D eigenvalue weighted by molar-refractivity contribution is 0.133. The first-order valence-electron chi connectivity index (χ1n) is 24.0. The summed E-state index contributed by atoms with van der Waals surface area (Å²) >= 11 is 0. The molecule has 0 bridgehead atoms. The Labute approximate surface area is 389 Å². The van der Waals surface area contributed by atoms with Crippen molar-refractivity contribution in [2.45, 2.75) is 123 Å². The van der Waals surface area contributed by atoms with E-state index in [1.807, 2.05) is 0 Å². The maximum atomic E-state index is 2.70. The van der Waals surface area contributed by atoms with Crippen molar-refractivity contribution in [2.24, 2.45) is 0 Å². The number of aryl methyl sites for hydroxylation is 1. The number of fused-ring (bicyclic) bond motifs is 7. The van der Waals surface area contributed by atoms with Gasteiger partial charge in [-0.15, -0.1) is 0 Å². The second-order valence-electron chi connectivity index (χ2n) is 23.2. The van der Waals surface area contributed by atoms with Crippen LogP contribution in [0.25, 0.3) is 11.1 Å². The topological polar surface area (TPSA) is 9.72 Å². The van der Waals surface area contributed by atoms with Gasteiger partial charge in [-0.05, 0) is 153 Å². The van der Waals surface area contributed by atoms with Crippen molar-refractivity contribution in [2.75, 3.05) is 14.7 Å². The number of nitrogens with zero attached hydrogens (tertiary/aromatic N) is 3. The monoisotopic (exact) mass is 850 g/mol. The standard InChI is InChI=1S/C61H64BN3/c1-39-34-54-56-55(35-39)64(50-30-24-42(58(5,6)7)36-46(50)40-18-14-13-15-19-40)52-31-25-43(59(8,9)10)37-49(52)62(56)48-29-28-45(38-53(48)63(54)44-26-22-41(23-27-44)57(2,3)4)65-51-21-17-16-20-47(51)60(11)32-33-61(60,65)12/h13-31,34-38H,32-33H2,1-12H3. The van der Waals surface area contributed by atoms with Crippen molar-refractivity contribution in [3.05, 3.63) is 173 Å². The Morgan fingerprint density at radius 1 is 0.462 bits per heavy atom. The van der Waals surface area contributed by atoms with Gasteiger partial charge in [0, 0.05) is 50.8 Å². The molecule has 0 radical (unpaired) electrons. The molecule has 65 heavy (non-hydrogen) atoms. The second kappa shape index (κ2) is 14.0. The first kappa shape index (κ1) is 41.7. The highest BCUT2D eigenvalue weighted by molar-refractivity contribution is 7.00. The molecular weight excluding hydrogens is 786 g/mol. The molecule has 3 heterocycles. The fourth-order valence-corrected chi connectivity index (χ4v) is 11.9. The van der Waals surface area contributed by atoms with Crippen LogP contribution in [0, 0.1) is 6.92 Å². The van der Waals surface area contributed by atoms with Crippen LogP contribution >= 0.6 is 0 Å². The van der Waals surface area contributed by atoms with Crippen LogP contribution < -0.4 is 31.1 Å². The molecule has 11 rings (SSSR count). The van der Waals surface area contributed by atoms with Crippen molar-refractivity contribution in [1.82, 2.24) is 0 Å². The summed E-state index contributed by atoms with van der Waals surface area (Å²) in [6, 6.07) is 56.6. The van der Waals surface area contributed by atoms with E-state index in [0.717, 1.165) is 0 Å². The van der Waals surface area contributed by atoms with E-state index in [1.54, 1.807) is 0 Å². The highest BCUT2D eigenvalue weighted by Crippen LogP contribution is 2.65. The van der Waals surface area contributed by atoms with Gasteiger partial charge in [-0.3, -0.25) is 0 Å². The Morgan fingerprint density at radius 3 is 1.69 bits per heavy atom. The Hall–Kier alpha value is -6.00. The van der Waals surface area contributed by atoms with Crippen LogP contribution in [0.4, 0.5) is 45.5 Å². The summed E-state index contributed by atoms with van der Waals surface area (Å²) in [7, 11) is 0. The molecule has 326 valence electrons.